The molecule has 1 aromatic heterocycles. The van der Waals surface area contributed by atoms with Gasteiger partial charge in [0, 0.05) is 28.5 Å². The van der Waals surface area contributed by atoms with Crippen molar-refractivity contribution in [1.82, 2.24) is 9.97 Å². The molecule has 0 amide bonds. The molecule has 6 aromatic carbocycles. The quantitative estimate of drug-likeness (QED) is 0.184. The van der Waals surface area contributed by atoms with Crippen LogP contribution in [0.1, 0.15) is 45.8 Å². The van der Waals surface area contributed by atoms with E-state index in [1.165, 1.54) is 49.9 Å². The SMILES string of the molecule is C=C1/C=C\C=C/N(c2nc(C3C=CC=CC3)c3ccccc3n2)c2c1ccc1c3c(ccc21)C1(c2ccccc2-c2ccccc21)c1ccccc1-3. The number of allylic oxidation sites excluding steroid dienone is 8. The number of nitrogens with zero attached hydrogens (tertiary/aromatic N) is 3. The molecular formula is C49H33N3. The van der Waals surface area contributed by atoms with Gasteiger partial charge in [0.1, 0.15) is 0 Å². The molecular weight excluding hydrogens is 631 g/mol. The zero-order valence-corrected chi connectivity index (χ0v) is 28.5. The Morgan fingerprint density at radius 3 is 2.04 bits per heavy atom. The van der Waals surface area contributed by atoms with Gasteiger partial charge in [-0.1, -0.05) is 158 Å². The van der Waals surface area contributed by atoms with Crippen molar-refractivity contribution in [3.63, 3.8) is 0 Å². The van der Waals surface area contributed by atoms with Gasteiger partial charge in [-0.15, -0.1) is 0 Å². The maximum Gasteiger partial charge on any atom is 0.234 e. The van der Waals surface area contributed by atoms with E-state index >= 15 is 0 Å². The van der Waals surface area contributed by atoms with Crippen molar-refractivity contribution in [2.45, 2.75) is 17.8 Å². The Hall–Kier alpha value is -6.58. The summed E-state index contributed by atoms with van der Waals surface area (Å²) in [5.41, 5.74) is 15.2. The van der Waals surface area contributed by atoms with Crippen LogP contribution in [0.3, 0.4) is 0 Å². The van der Waals surface area contributed by atoms with Crippen LogP contribution in [0.15, 0.2) is 177 Å². The Morgan fingerprint density at radius 2 is 1.27 bits per heavy atom. The zero-order chi connectivity index (χ0) is 34.4. The van der Waals surface area contributed by atoms with Crippen molar-refractivity contribution in [3.8, 4) is 22.3 Å². The molecule has 0 fully saturated rings. The average molecular weight is 664 g/mol. The Morgan fingerprint density at radius 1 is 0.577 bits per heavy atom. The Balaban J connectivity index is 1.21. The number of rotatable bonds is 2. The van der Waals surface area contributed by atoms with Gasteiger partial charge in [0.25, 0.3) is 0 Å². The molecule has 244 valence electrons. The van der Waals surface area contributed by atoms with Crippen molar-refractivity contribution < 1.29 is 0 Å². The van der Waals surface area contributed by atoms with E-state index in [0.717, 1.165) is 45.2 Å². The lowest BCUT2D eigenvalue weighted by atomic mass is 9.70. The van der Waals surface area contributed by atoms with Crippen molar-refractivity contribution in [3.05, 3.63) is 210 Å². The number of para-hydroxylation sites is 1. The lowest BCUT2D eigenvalue weighted by molar-refractivity contribution is 0.794. The third-order valence-corrected chi connectivity index (χ3v) is 11.5. The van der Waals surface area contributed by atoms with Crippen LogP contribution in [0.2, 0.25) is 0 Å². The third-order valence-electron chi connectivity index (χ3n) is 11.5. The van der Waals surface area contributed by atoms with Gasteiger partial charge in [-0.3, -0.25) is 4.90 Å². The van der Waals surface area contributed by atoms with E-state index in [1.54, 1.807) is 0 Å². The second-order valence-corrected chi connectivity index (χ2v) is 14.1. The molecule has 3 heteroatoms. The fraction of sp³-hybridized carbons (Fsp3) is 0.0612. The molecule has 52 heavy (non-hydrogen) atoms. The van der Waals surface area contributed by atoms with Gasteiger partial charge in [-0.05, 0) is 74.0 Å². The Bertz CT molecular complexity index is 2770. The molecule has 11 rings (SSSR count). The number of anilines is 2. The van der Waals surface area contributed by atoms with Crippen LogP contribution >= 0.6 is 0 Å². The predicted octanol–water partition coefficient (Wildman–Crippen LogP) is 12.0. The number of hydrogen-bond acceptors (Lipinski definition) is 3. The topological polar surface area (TPSA) is 29.0 Å². The summed E-state index contributed by atoms with van der Waals surface area (Å²) in [6, 6.07) is 44.7. The van der Waals surface area contributed by atoms with Crippen LogP contribution in [0, 0.1) is 0 Å². The van der Waals surface area contributed by atoms with Crippen LogP contribution in [0.4, 0.5) is 11.6 Å². The summed E-state index contributed by atoms with van der Waals surface area (Å²) in [6.45, 7) is 4.54. The van der Waals surface area contributed by atoms with E-state index < -0.39 is 5.41 Å². The highest BCUT2D eigenvalue weighted by molar-refractivity contribution is 6.12. The number of aromatic nitrogens is 2. The molecule has 0 radical (unpaired) electrons. The highest BCUT2D eigenvalue weighted by atomic mass is 15.2. The van der Waals surface area contributed by atoms with Gasteiger partial charge in [-0.2, -0.15) is 0 Å². The molecule has 3 nitrogen and oxygen atoms in total. The molecule has 3 aliphatic carbocycles. The van der Waals surface area contributed by atoms with Crippen LogP contribution in [-0.4, -0.2) is 9.97 Å². The molecule has 0 saturated carbocycles. The first-order valence-corrected chi connectivity index (χ1v) is 18.1. The minimum atomic E-state index is -0.401. The summed E-state index contributed by atoms with van der Waals surface area (Å²) in [7, 11) is 0. The minimum Gasteiger partial charge on any atom is -0.285 e. The molecule has 4 aliphatic rings. The molecule has 7 aromatic rings. The highest BCUT2D eigenvalue weighted by Crippen LogP contribution is 2.64. The summed E-state index contributed by atoms with van der Waals surface area (Å²) in [6.07, 6.45) is 18.0. The summed E-state index contributed by atoms with van der Waals surface area (Å²) in [5.74, 6) is 0.825. The predicted molar refractivity (Wildman–Crippen MR) is 215 cm³/mol. The fourth-order valence-electron chi connectivity index (χ4n) is 9.40. The summed E-state index contributed by atoms with van der Waals surface area (Å²) in [5, 5.41) is 3.44. The molecule has 2 heterocycles. The van der Waals surface area contributed by atoms with Gasteiger partial charge in [0.2, 0.25) is 5.95 Å². The molecule has 1 spiro atoms. The largest absolute Gasteiger partial charge is 0.285 e. The van der Waals surface area contributed by atoms with Crippen LogP contribution in [0.25, 0.3) is 49.5 Å². The van der Waals surface area contributed by atoms with Crippen molar-refractivity contribution in [2.24, 2.45) is 0 Å². The molecule has 1 unspecified atom stereocenters. The van der Waals surface area contributed by atoms with Gasteiger partial charge in [0.05, 0.1) is 22.3 Å². The Kier molecular flexibility index (Phi) is 6.15. The van der Waals surface area contributed by atoms with E-state index in [-0.39, 0.29) is 5.92 Å². The van der Waals surface area contributed by atoms with Crippen molar-refractivity contribution >= 4 is 38.9 Å². The molecule has 1 atom stereocenters. The standard InChI is InChI=1S/C49H33N3/c1-31-15-13-14-30-52(48-50-44-25-12-8-21-39(44)46(51-48)32-16-3-2-4-17-32)47-33(31)26-27-36-37(47)28-29-43-45(36)38-20-7-11-24-42(38)49(43)40-22-9-5-18-34(40)35-19-6-10-23-41(35)49/h2-16,18-30,32H,1,17H2/b15-13-,30-14-. The zero-order valence-electron chi connectivity index (χ0n) is 28.5. The maximum absolute atomic E-state index is 5.39. The smallest absolute Gasteiger partial charge is 0.234 e. The first-order chi connectivity index (χ1) is 25.7. The number of fused-ring (bicyclic) bond motifs is 15. The molecule has 0 N–H and O–H groups in total. The maximum atomic E-state index is 5.39. The second kappa shape index (κ2) is 11.0. The molecule has 1 aliphatic heterocycles. The first-order valence-electron chi connectivity index (χ1n) is 18.1. The van der Waals surface area contributed by atoms with E-state index in [9.17, 15) is 0 Å². The van der Waals surface area contributed by atoms with E-state index in [0.29, 0.717) is 5.95 Å². The third kappa shape index (κ3) is 3.85. The monoisotopic (exact) mass is 663 g/mol. The minimum absolute atomic E-state index is 0.172. The van der Waals surface area contributed by atoms with Crippen molar-refractivity contribution in [2.75, 3.05) is 4.90 Å². The second-order valence-electron chi connectivity index (χ2n) is 14.1. The Labute approximate surface area is 302 Å². The van der Waals surface area contributed by atoms with E-state index in [2.05, 4.69) is 182 Å². The van der Waals surface area contributed by atoms with Gasteiger partial charge in [0.15, 0.2) is 0 Å². The lowest BCUT2D eigenvalue weighted by Crippen LogP contribution is -2.25. The summed E-state index contributed by atoms with van der Waals surface area (Å²) >= 11 is 0. The fourth-order valence-corrected chi connectivity index (χ4v) is 9.40. The summed E-state index contributed by atoms with van der Waals surface area (Å²) < 4.78 is 0. The highest BCUT2D eigenvalue weighted by Gasteiger charge is 2.51. The molecule has 0 saturated heterocycles. The van der Waals surface area contributed by atoms with Gasteiger partial charge in [-0.25, -0.2) is 9.97 Å². The number of benzene rings is 6. The van der Waals surface area contributed by atoms with Crippen molar-refractivity contribution in [1.29, 1.82) is 0 Å². The normalized spacial score (nSPS) is 18.4. The summed E-state index contributed by atoms with van der Waals surface area (Å²) in [4.78, 5) is 12.8. The van der Waals surface area contributed by atoms with Crippen LogP contribution in [-0.2, 0) is 5.41 Å². The lowest BCUT2D eigenvalue weighted by Gasteiger charge is -2.31. The average Bonchev–Trinajstić information content (AvgIpc) is 3.67. The van der Waals surface area contributed by atoms with Crippen LogP contribution < -0.4 is 4.90 Å². The van der Waals surface area contributed by atoms with Gasteiger partial charge >= 0.3 is 0 Å². The van der Waals surface area contributed by atoms with E-state index in [4.69, 9.17) is 9.97 Å². The van der Waals surface area contributed by atoms with E-state index in [1.807, 2.05) is 0 Å². The van der Waals surface area contributed by atoms with Crippen LogP contribution in [0.5, 0.6) is 0 Å². The molecule has 0 bridgehead atoms. The number of hydrogen-bond donors (Lipinski definition) is 0. The first kappa shape index (κ1) is 29.2. The van der Waals surface area contributed by atoms with Gasteiger partial charge < -0.3 is 0 Å².